The highest BCUT2D eigenvalue weighted by Gasteiger charge is 2.39. The molecule has 0 bridgehead atoms. The molecule has 0 radical (unpaired) electrons. The Morgan fingerprint density at radius 1 is 1.08 bits per heavy atom. The zero-order valence-electron chi connectivity index (χ0n) is 14.4. The summed E-state index contributed by atoms with van der Waals surface area (Å²) < 4.78 is 4.78. The number of ketones is 2. The molecular weight excluding hydrogens is 316 g/mol. The third-order valence-electron chi connectivity index (χ3n) is 4.93. The molecule has 3 rings (SSSR count). The van der Waals surface area contributed by atoms with Gasteiger partial charge in [-0.25, -0.2) is 4.79 Å². The van der Waals surface area contributed by atoms with Crippen molar-refractivity contribution in [1.82, 2.24) is 0 Å². The van der Waals surface area contributed by atoms with Gasteiger partial charge in [-0.15, -0.1) is 0 Å². The van der Waals surface area contributed by atoms with E-state index in [-0.39, 0.29) is 18.3 Å². The lowest BCUT2D eigenvalue weighted by Gasteiger charge is -2.26. The summed E-state index contributed by atoms with van der Waals surface area (Å²) in [6.45, 7) is 1.79. The molecule has 130 valence electrons. The number of carbonyl (C=O) groups is 3. The Hall–Kier alpha value is -2.49. The number of benzene rings is 2. The Bertz CT molecular complexity index is 803. The molecule has 0 aliphatic heterocycles. The van der Waals surface area contributed by atoms with Crippen molar-refractivity contribution in [2.24, 2.45) is 11.8 Å². The maximum absolute atomic E-state index is 12.8. The normalized spacial score (nSPS) is 20.4. The minimum Gasteiger partial charge on any atom is -0.460 e. The predicted octanol–water partition coefficient (Wildman–Crippen LogP) is 3.50. The van der Waals surface area contributed by atoms with Crippen LogP contribution in [0.25, 0.3) is 10.8 Å². The van der Waals surface area contributed by atoms with E-state index in [9.17, 15) is 14.4 Å². The largest absolute Gasteiger partial charge is 0.460 e. The fourth-order valence-electron chi connectivity index (χ4n) is 3.68. The number of ether oxygens (including phenoxy) is 1. The topological polar surface area (TPSA) is 60.4 Å². The van der Waals surface area contributed by atoms with Crippen molar-refractivity contribution in [2.75, 3.05) is 6.61 Å². The Morgan fingerprint density at radius 3 is 2.64 bits per heavy atom. The number of rotatable bonds is 5. The SMILES string of the molecule is CCOC(=O)C(=O)C1CCCC(Cc2cccc3ccccc23)C1=O. The van der Waals surface area contributed by atoms with Crippen molar-refractivity contribution in [3.05, 3.63) is 48.0 Å². The van der Waals surface area contributed by atoms with Crippen molar-refractivity contribution in [1.29, 1.82) is 0 Å². The van der Waals surface area contributed by atoms with Gasteiger partial charge in [0.2, 0.25) is 5.78 Å². The van der Waals surface area contributed by atoms with E-state index in [0.29, 0.717) is 12.8 Å². The van der Waals surface area contributed by atoms with Gasteiger partial charge in [-0.3, -0.25) is 9.59 Å². The van der Waals surface area contributed by atoms with Gasteiger partial charge in [0.15, 0.2) is 0 Å². The second kappa shape index (κ2) is 7.60. The van der Waals surface area contributed by atoms with Crippen LogP contribution in [0.4, 0.5) is 0 Å². The van der Waals surface area contributed by atoms with E-state index in [2.05, 4.69) is 18.2 Å². The van der Waals surface area contributed by atoms with E-state index >= 15 is 0 Å². The monoisotopic (exact) mass is 338 g/mol. The molecule has 0 spiro atoms. The molecule has 1 saturated carbocycles. The predicted molar refractivity (Wildman–Crippen MR) is 95.1 cm³/mol. The van der Waals surface area contributed by atoms with Gasteiger partial charge in [0, 0.05) is 5.92 Å². The molecule has 4 nitrogen and oxygen atoms in total. The number of Topliss-reactive ketones (excluding diaryl/α,β-unsaturated/α-hetero) is 2. The number of hydrogen-bond acceptors (Lipinski definition) is 4. The van der Waals surface area contributed by atoms with Gasteiger partial charge >= 0.3 is 5.97 Å². The van der Waals surface area contributed by atoms with Crippen LogP contribution < -0.4 is 0 Å². The van der Waals surface area contributed by atoms with E-state index in [0.717, 1.165) is 29.2 Å². The average molecular weight is 338 g/mol. The highest BCUT2D eigenvalue weighted by atomic mass is 16.5. The Balaban J connectivity index is 1.79. The lowest BCUT2D eigenvalue weighted by Crippen LogP contribution is -2.38. The number of hydrogen-bond donors (Lipinski definition) is 0. The summed E-state index contributed by atoms with van der Waals surface area (Å²) in [4.78, 5) is 36.7. The summed E-state index contributed by atoms with van der Waals surface area (Å²) in [5.74, 6) is -2.74. The molecule has 0 heterocycles. The zero-order valence-corrected chi connectivity index (χ0v) is 14.4. The average Bonchev–Trinajstić information content (AvgIpc) is 2.63. The summed E-state index contributed by atoms with van der Waals surface area (Å²) in [5, 5.41) is 2.28. The van der Waals surface area contributed by atoms with Crippen LogP contribution in [0.1, 0.15) is 31.7 Å². The van der Waals surface area contributed by atoms with Gasteiger partial charge in [0.1, 0.15) is 5.78 Å². The van der Waals surface area contributed by atoms with Gasteiger partial charge in [-0.2, -0.15) is 0 Å². The van der Waals surface area contributed by atoms with Gasteiger partial charge < -0.3 is 4.74 Å². The molecule has 1 aliphatic carbocycles. The first kappa shape index (κ1) is 17.3. The van der Waals surface area contributed by atoms with Crippen LogP contribution in [0.15, 0.2) is 42.5 Å². The van der Waals surface area contributed by atoms with Crippen LogP contribution in [-0.2, 0) is 25.5 Å². The smallest absolute Gasteiger partial charge is 0.375 e. The molecule has 2 aromatic rings. The fourth-order valence-corrected chi connectivity index (χ4v) is 3.68. The van der Waals surface area contributed by atoms with Gasteiger partial charge in [0.25, 0.3) is 0 Å². The van der Waals surface area contributed by atoms with Gasteiger partial charge in [0.05, 0.1) is 12.5 Å². The summed E-state index contributed by atoms with van der Waals surface area (Å²) in [6, 6.07) is 14.2. The first-order chi connectivity index (χ1) is 12.1. The van der Waals surface area contributed by atoms with Crippen molar-refractivity contribution in [3.63, 3.8) is 0 Å². The minimum atomic E-state index is -0.883. The lowest BCUT2D eigenvalue weighted by molar-refractivity contribution is -0.158. The summed E-state index contributed by atoms with van der Waals surface area (Å²) in [7, 11) is 0. The molecule has 0 amide bonds. The molecule has 1 fully saturated rings. The molecule has 2 unspecified atom stereocenters. The quantitative estimate of drug-likeness (QED) is 0.476. The highest BCUT2D eigenvalue weighted by molar-refractivity contribution is 6.38. The van der Waals surface area contributed by atoms with Crippen molar-refractivity contribution in [2.45, 2.75) is 32.6 Å². The molecule has 0 saturated heterocycles. The van der Waals surface area contributed by atoms with E-state index in [1.807, 2.05) is 24.3 Å². The first-order valence-electron chi connectivity index (χ1n) is 8.83. The second-order valence-electron chi connectivity index (χ2n) is 6.51. The van der Waals surface area contributed by atoms with Crippen molar-refractivity contribution < 1.29 is 19.1 Å². The summed E-state index contributed by atoms with van der Waals surface area (Å²) >= 11 is 0. The van der Waals surface area contributed by atoms with Gasteiger partial charge in [-0.05, 0) is 42.5 Å². The second-order valence-corrected chi connectivity index (χ2v) is 6.51. The minimum absolute atomic E-state index is 0.114. The maximum atomic E-state index is 12.8. The standard InChI is InChI=1S/C21H22O4/c1-2-25-21(24)20(23)18-12-6-10-16(19(18)22)13-15-9-5-8-14-7-3-4-11-17(14)15/h3-5,7-9,11,16,18H,2,6,10,12-13H2,1H3. The summed E-state index contributed by atoms with van der Waals surface area (Å²) in [6.07, 6.45) is 2.58. The van der Waals surface area contributed by atoms with Crippen LogP contribution in [0.2, 0.25) is 0 Å². The molecule has 2 atom stereocenters. The molecule has 4 heteroatoms. The maximum Gasteiger partial charge on any atom is 0.375 e. The molecular formula is C21H22O4. The number of carbonyl (C=O) groups excluding carboxylic acids is 3. The molecule has 25 heavy (non-hydrogen) atoms. The van der Waals surface area contributed by atoms with E-state index in [1.165, 1.54) is 0 Å². The van der Waals surface area contributed by atoms with E-state index < -0.39 is 17.7 Å². The van der Waals surface area contributed by atoms with Crippen LogP contribution in [-0.4, -0.2) is 24.1 Å². The Kier molecular flexibility index (Phi) is 5.27. The third-order valence-corrected chi connectivity index (χ3v) is 4.93. The van der Waals surface area contributed by atoms with Crippen LogP contribution >= 0.6 is 0 Å². The Morgan fingerprint density at radius 2 is 1.84 bits per heavy atom. The first-order valence-corrected chi connectivity index (χ1v) is 8.83. The zero-order chi connectivity index (χ0) is 17.8. The summed E-state index contributed by atoms with van der Waals surface area (Å²) in [5.41, 5.74) is 1.11. The van der Waals surface area contributed by atoms with Crippen LogP contribution in [0.3, 0.4) is 0 Å². The van der Waals surface area contributed by atoms with Crippen LogP contribution in [0.5, 0.6) is 0 Å². The van der Waals surface area contributed by atoms with Crippen LogP contribution in [0, 0.1) is 11.8 Å². The van der Waals surface area contributed by atoms with Crippen molar-refractivity contribution in [3.8, 4) is 0 Å². The molecule has 0 N–H and O–H groups in total. The molecule has 0 aromatic heterocycles. The van der Waals surface area contributed by atoms with Gasteiger partial charge in [-0.1, -0.05) is 48.9 Å². The van der Waals surface area contributed by atoms with Crippen molar-refractivity contribution >= 4 is 28.3 Å². The molecule has 1 aliphatic rings. The number of esters is 1. The van der Waals surface area contributed by atoms with E-state index in [1.54, 1.807) is 6.92 Å². The molecule has 2 aromatic carbocycles. The fraction of sp³-hybridized carbons (Fsp3) is 0.381. The van der Waals surface area contributed by atoms with E-state index in [4.69, 9.17) is 4.74 Å². The highest BCUT2D eigenvalue weighted by Crippen LogP contribution is 2.31. The lowest BCUT2D eigenvalue weighted by atomic mass is 9.75. The Labute approximate surface area is 147 Å². The number of fused-ring (bicyclic) bond motifs is 1. The third kappa shape index (κ3) is 3.63.